The molecule has 0 aromatic heterocycles. The zero-order valence-electron chi connectivity index (χ0n) is 15.3. The van der Waals surface area contributed by atoms with Crippen LogP contribution in [0.4, 0.5) is 0 Å². The van der Waals surface area contributed by atoms with Crippen LogP contribution in [0.1, 0.15) is 30.0 Å². The minimum atomic E-state index is 0.649. The van der Waals surface area contributed by atoms with Crippen molar-refractivity contribution in [3.8, 4) is 11.5 Å². The van der Waals surface area contributed by atoms with Gasteiger partial charge in [0, 0.05) is 28.7 Å². The van der Waals surface area contributed by atoms with E-state index in [1.807, 2.05) is 31.2 Å². The predicted molar refractivity (Wildman–Crippen MR) is 110 cm³/mol. The number of rotatable bonds is 7. The summed E-state index contributed by atoms with van der Waals surface area (Å²) in [5.41, 5.74) is 3.52. The first kappa shape index (κ1) is 18.8. The van der Waals surface area contributed by atoms with Crippen molar-refractivity contribution in [3.05, 3.63) is 57.6 Å². The lowest BCUT2D eigenvalue weighted by Crippen LogP contribution is -2.31. The molecule has 1 aliphatic rings. The molecule has 138 valence electrons. The molecule has 0 bridgehead atoms. The lowest BCUT2D eigenvalue weighted by molar-refractivity contribution is 0.336. The maximum atomic E-state index is 5.91. The Bertz CT molecular complexity index is 790. The number of hydrogen-bond acceptors (Lipinski definition) is 4. The summed E-state index contributed by atoms with van der Waals surface area (Å²) in [6.45, 7) is 4.51. The topological polar surface area (TPSA) is 42.8 Å². The largest absolute Gasteiger partial charge is 0.496 e. The van der Waals surface area contributed by atoms with Crippen LogP contribution in [0.3, 0.4) is 0 Å². The van der Waals surface area contributed by atoms with Crippen molar-refractivity contribution in [2.45, 2.75) is 26.2 Å². The van der Waals surface area contributed by atoms with Crippen molar-refractivity contribution in [1.29, 1.82) is 0 Å². The summed E-state index contributed by atoms with van der Waals surface area (Å²) < 4.78 is 12.5. The minimum absolute atomic E-state index is 0.649. The molecule has 2 aromatic rings. The molecule has 3 rings (SSSR count). The van der Waals surface area contributed by atoms with E-state index < -0.39 is 0 Å². The summed E-state index contributed by atoms with van der Waals surface area (Å²) in [4.78, 5) is 4.68. The van der Waals surface area contributed by atoms with Gasteiger partial charge >= 0.3 is 0 Å². The van der Waals surface area contributed by atoms with Crippen LogP contribution in [-0.4, -0.2) is 32.6 Å². The van der Waals surface area contributed by atoms with Crippen molar-refractivity contribution in [3.63, 3.8) is 0 Å². The Labute approximate surface area is 163 Å². The van der Waals surface area contributed by atoms with Gasteiger partial charge in [0.15, 0.2) is 0 Å². The lowest BCUT2D eigenvalue weighted by atomic mass is 9.97. The van der Waals surface area contributed by atoms with Crippen molar-refractivity contribution in [2.24, 2.45) is 4.99 Å². The van der Waals surface area contributed by atoms with E-state index in [0.29, 0.717) is 6.61 Å². The quantitative estimate of drug-likeness (QED) is 0.727. The zero-order chi connectivity index (χ0) is 18.4. The Morgan fingerprint density at radius 2 is 2.04 bits per heavy atom. The van der Waals surface area contributed by atoms with Crippen LogP contribution in [0.2, 0.25) is 0 Å². The molecule has 1 aliphatic heterocycles. The van der Waals surface area contributed by atoms with Gasteiger partial charge in [-0.25, -0.2) is 0 Å². The van der Waals surface area contributed by atoms with E-state index in [9.17, 15) is 0 Å². The van der Waals surface area contributed by atoms with Crippen molar-refractivity contribution >= 4 is 21.8 Å². The molecule has 0 atom stereocenters. The fourth-order valence-corrected chi connectivity index (χ4v) is 3.66. The van der Waals surface area contributed by atoms with Crippen LogP contribution in [0.15, 0.2) is 45.9 Å². The number of ether oxygens (including phenoxy) is 2. The summed E-state index contributed by atoms with van der Waals surface area (Å²) in [6.07, 6.45) is 2.81. The molecule has 1 N–H and O–H groups in total. The van der Waals surface area contributed by atoms with Gasteiger partial charge in [0.25, 0.3) is 0 Å². The van der Waals surface area contributed by atoms with Crippen LogP contribution < -0.4 is 14.8 Å². The Morgan fingerprint density at radius 3 is 2.77 bits per heavy atom. The van der Waals surface area contributed by atoms with E-state index >= 15 is 0 Å². The van der Waals surface area contributed by atoms with E-state index in [1.165, 1.54) is 11.1 Å². The molecule has 0 amide bonds. The first-order valence-corrected chi connectivity index (χ1v) is 9.88. The molecule has 0 aliphatic carbocycles. The zero-order valence-corrected chi connectivity index (χ0v) is 16.9. The second-order valence-corrected chi connectivity index (χ2v) is 7.10. The van der Waals surface area contributed by atoms with Gasteiger partial charge in [-0.3, -0.25) is 4.99 Å². The van der Waals surface area contributed by atoms with Crippen LogP contribution in [0.5, 0.6) is 11.5 Å². The van der Waals surface area contributed by atoms with Crippen LogP contribution in [0.25, 0.3) is 0 Å². The maximum Gasteiger partial charge on any atom is 0.128 e. The Hall–Kier alpha value is -2.01. The summed E-state index contributed by atoms with van der Waals surface area (Å²) in [7, 11) is 1.72. The first-order valence-electron chi connectivity index (χ1n) is 9.08. The van der Waals surface area contributed by atoms with Gasteiger partial charge in [-0.2, -0.15) is 0 Å². The van der Waals surface area contributed by atoms with E-state index in [1.54, 1.807) is 7.11 Å². The van der Waals surface area contributed by atoms with Crippen molar-refractivity contribution in [1.82, 2.24) is 5.32 Å². The van der Waals surface area contributed by atoms with E-state index in [0.717, 1.165) is 59.7 Å². The third-order valence-electron chi connectivity index (χ3n) is 4.47. The Balaban J connectivity index is 1.92. The second-order valence-electron chi connectivity index (χ2n) is 6.18. The molecule has 2 aromatic carbocycles. The molecule has 0 saturated carbocycles. The highest BCUT2D eigenvalue weighted by Gasteiger charge is 2.16. The number of benzene rings is 2. The van der Waals surface area contributed by atoms with E-state index in [2.05, 4.69) is 38.4 Å². The standard InChI is InChI=1S/C21H25BrN2O2/c1-3-26-20-7-4-6-18(21-23-12-5-13-24-21)17(20)10-8-15-14-16(22)9-11-19(15)25-2/h4,6-7,9,11,14H,3,5,8,10,12-13H2,1-2H3,(H,23,24). The number of halogens is 1. The van der Waals surface area contributed by atoms with Gasteiger partial charge in [-0.1, -0.05) is 28.1 Å². The Morgan fingerprint density at radius 1 is 1.15 bits per heavy atom. The third-order valence-corrected chi connectivity index (χ3v) is 4.97. The molecular formula is C21H25BrN2O2. The van der Waals surface area contributed by atoms with Crippen LogP contribution in [-0.2, 0) is 12.8 Å². The number of amidine groups is 1. The first-order chi connectivity index (χ1) is 12.7. The van der Waals surface area contributed by atoms with Gasteiger partial charge in [0.2, 0.25) is 0 Å². The maximum absolute atomic E-state index is 5.91. The second kappa shape index (κ2) is 9.08. The highest BCUT2D eigenvalue weighted by Crippen LogP contribution is 2.29. The molecule has 0 fully saturated rings. The average molecular weight is 417 g/mol. The molecule has 0 saturated heterocycles. The average Bonchev–Trinajstić information content (AvgIpc) is 2.68. The number of methoxy groups -OCH3 is 1. The van der Waals surface area contributed by atoms with Crippen molar-refractivity contribution < 1.29 is 9.47 Å². The number of nitrogens with zero attached hydrogens (tertiary/aromatic N) is 1. The third kappa shape index (κ3) is 4.39. The van der Waals surface area contributed by atoms with Gasteiger partial charge in [-0.05, 0) is 56.0 Å². The van der Waals surface area contributed by atoms with E-state index in [4.69, 9.17) is 9.47 Å². The SMILES string of the molecule is CCOc1cccc(C2=NCCCN2)c1CCc1cc(Br)ccc1OC. The molecule has 26 heavy (non-hydrogen) atoms. The molecular weight excluding hydrogens is 392 g/mol. The van der Waals surface area contributed by atoms with Crippen molar-refractivity contribution in [2.75, 3.05) is 26.8 Å². The molecule has 0 radical (unpaired) electrons. The molecule has 5 heteroatoms. The highest BCUT2D eigenvalue weighted by atomic mass is 79.9. The summed E-state index contributed by atoms with van der Waals surface area (Å²) in [6, 6.07) is 12.3. The summed E-state index contributed by atoms with van der Waals surface area (Å²) in [5.74, 6) is 2.83. The van der Waals surface area contributed by atoms with Gasteiger partial charge in [0.1, 0.15) is 17.3 Å². The number of hydrogen-bond donors (Lipinski definition) is 1. The summed E-state index contributed by atoms with van der Waals surface area (Å²) in [5, 5.41) is 3.44. The molecule has 1 heterocycles. The predicted octanol–water partition coefficient (Wildman–Crippen LogP) is 4.38. The molecule has 0 spiro atoms. The monoisotopic (exact) mass is 416 g/mol. The van der Waals surface area contributed by atoms with Gasteiger partial charge in [-0.15, -0.1) is 0 Å². The smallest absolute Gasteiger partial charge is 0.128 e. The number of aryl methyl sites for hydroxylation is 1. The molecule has 0 unspecified atom stereocenters. The number of aliphatic imine (C=N–C) groups is 1. The van der Waals surface area contributed by atoms with Gasteiger partial charge < -0.3 is 14.8 Å². The summed E-state index contributed by atoms with van der Waals surface area (Å²) >= 11 is 3.56. The van der Waals surface area contributed by atoms with E-state index in [-0.39, 0.29) is 0 Å². The normalized spacial score (nSPS) is 13.7. The fourth-order valence-electron chi connectivity index (χ4n) is 3.25. The van der Waals surface area contributed by atoms with Crippen LogP contribution >= 0.6 is 15.9 Å². The van der Waals surface area contributed by atoms with Crippen LogP contribution in [0, 0.1) is 0 Å². The number of nitrogens with one attached hydrogen (secondary N) is 1. The lowest BCUT2D eigenvalue weighted by Gasteiger charge is -2.20. The minimum Gasteiger partial charge on any atom is -0.496 e. The molecule has 4 nitrogen and oxygen atoms in total. The fraction of sp³-hybridized carbons (Fsp3) is 0.381. The Kier molecular flexibility index (Phi) is 6.56. The van der Waals surface area contributed by atoms with Gasteiger partial charge in [0.05, 0.1) is 13.7 Å². The highest BCUT2D eigenvalue weighted by molar-refractivity contribution is 9.10.